The number of fused-ring (bicyclic) bond motifs is 1. The molecule has 1 saturated heterocycles. The molecule has 3 aromatic rings. The fraction of sp³-hybridized carbons (Fsp3) is 0.379. The maximum Gasteiger partial charge on any atom is 0.271 e. The number of aromatic nitrogens is 2. The zero-order chi connectivity index (χ0) is 28.1. The van der Waals surface area contributed by atoms with E-state index in [2.05, 4.69) is 22.0 Å². The smallest absolute Gasteiger partial charge is 0.271 e. The van der Waals surface area contributed by atoms with E-state index in [0.29, 0.717) is 45.9 Å². The Morgan fingerprint density at radius 2 is 1.74 bits per heavy atom. The summed E-state index contributed by atoms with van der Waals surface area (Å²) in [6.45, 7) is 8.91. The number of anilines is 1. The van der Waals surface area contributed by atoms with Crippen LogP contribution in [-0.2, 0) is 17.8 Å². The van der Waals surface area contributed by atoms with E-state index in [-0.39, 0.29) is 11.1 Å². The number of rotatable bonds is 4. The molecule has 204 valence electrons. The normalized spacial score (nSPS) is 18.4. The summed E-state index contributed by atoms with van der Waals surface area (Å²) < 4.78 is 17.5. The molecule has 10 heteroatoms. The van der Waals surface area contributed by atoms with Crippen molar-refractivity contribution in [2.24, 2.45) is 15.5 Å². The van der Waals surface area contributed by atoms with E-state index in [4.69, 9.17) is 38.3 Å². The molecule has 1 spiro atoms. The van der Waals surface area contributed by atoms with Crippen molar-refractivity contribution < 1.29 is 9.35 Å². The number of primary amides is 1. The molecule has 1 fully saturated rings. The molecule has 0 bridgehead atoms. The molecule has 2 aromatic carbocycles. The van der Waals surface area contributed by atoms with Crippen LogP contribution in [0.15, 0.2) is 46.9 Å². The summed E-state index contributed by atoms with van der Waals surface area (Å²) in [6.07, 6.45) is 2.38. The van der Waals surface area contributed by atoms with Crippen molar-refractivity contribution in [3.63, 3.8) is 0 Å². The average molecular weight is 585 g/mol. The fourth-order valence-corrected chi connectivity index (χ4v) is 6.52. The van der Waals surface area contributed by atoms with E-state index in [0.717, 1.165) is 30.5 Å². The van der Waals surface area contributed by atoms with Crippen LogP contribution < -0.4 is 10.6 Å². The third-order valence-electron chi connectivity index (χ3n) is 7.51. The lowest BCUT2D eigenvalue weighted by atomic mass is 9.74. The molecule has 1 aliphatic carbocycles. The highest BCUT2D eigenvalue weighted by molar-refractivity contribution is 7.91. The summed E-state index contributed by atoms with van der Waals surface area (Å²) in [4.78, 5) is 24.1. The van der Waals surface area contributed by atoms with Crippen molar-refractivity contribution in [1.82, 2.24) is 9.97 Å². The van der Waals surface area contributed by atoms with Gasteiger partial charge in [0.1, 0.15) is 21.8 Å². The van der Waals surface area contributed by atoms with Crippen LogP contribution in [-0.4, -0.2) is 44.0 Å². The van der Waals surface area contributed by atoms with Crippen molar-refractivity contribution in [1.29, 1.82) is 0 Å². The molecular formula is C29H31Cl2N5O2S. The van der Waals surface area contributed by atoms with E-state index < -0.39 is 22.0 Å². The van der Waals surface area contributed by atoms with Crippen LogP contribution >= 0.6 is 23.2 Å². The number of amides is 1. The quantitative estimate of drug-likeness (QED) is 0.382. The minimum Gasteiger partial charge on any atom is -0.591 e. The van der Waals surface area contributed by atoms with Gasteiger partial charge in [-0.25, -0.2) is 9.97 Å². The van der Waals surface area contributed by atoms with Gasteiger partial charge in [-0.3, -0.25) is 4.79 Å². The number of nitrogens with zero attached hydrogens (tertiary/aromatic N) is 4. The Morgan fingerprint density at radius 1 is 1.08 bits per heavy atom. The number of nitrogens with two attached hydrogens (primary N) is 1. The molecular weight excluding hydrogens is 553 g/mol. The van der Waals surface area contributed by atoms with Crippen LogP contribution in [0, 0.1) is 12.3 Å². The standard InChI is InChI=1S/C29H31Cl2N5O2S/c1-17-23(20-10-7-11-21(30)22(20)31)34-24(26(32)37)27(33-17)36-14-12-29(13-15-36)16-18-8-5-6-9-19(18)25(29)35-39(38)28(2,3)4/h5-11H,12-16H2,1-4H3,(H2,32,37)/t39-/m1/s1. The summed E-state index contributed by atoms with van der Waals surface area (Å²) in [7, 11) is 0. The van der Waals surface area contributed by atoms with Gasteiger partial charge < -0.3 is 15.2 Å². The Kier molecular flexibility index (Phi) is 7.44. The lowest BCUT2D eigenvalue weighted by Gasteiger charge is -2.40. The minimum atomic E-state index is -1.37. The van der Waals surface area contributed by atoms with Crippen LogP contribution in [0.1, 0.15) is 60.9 Å². The molecule has 1 amide bonds. The van der Waals surface area contributed by atoms with E-state index >= 15 is 0 Å². The zero-order valence-electron chi connectivity index (χ0n) is 22.4. The lowest BCUT2D eigenvalue weighted by Crippen LogP contribution is -2.45. The van der Waals surface area contributed by atoms with E-state index in [1.165, 1.54) is 5.56 Å². The fourth-order valence-electron chi connectivity index (χ4n) is 5.40. The van der Waals surface area contributed by atoms with Crippen molar-refractivity contribution in [3.05, 3.63) is 75.0 Å². The molecule has 1 aromatic heterocycles. The maximum atomic E-state index is 13.1. The number of hydrogen-bond donors (Lipinski definition) is 1. The van der Waals surface area contributed by atoms with Gasteiger partial charge in [0.25, 0.3) is 5.91 Å². The molecule has 1 aliphatic heterocycles. The maximum absolute atomic E-state index is 13.1. The second-order valence-electron chi connectivity index (χ2n) is 11.2. The molecule has 0 saturated carbocycles. The highest BCUT2D eigenvalue weighted by Crippen LogP contribution is 2.46. The summed E-state index contributed by atoms with van der Waals surface area (Å²) in [5, 5.41) is 0.740. The third-order valence-corrected chi connectivity index (χ3v) is 9.73. The van der Waals surface area contributed by atoms with Crippen molar-refractivity contribution in [2.75, 3.05) is 18.0 Å². The lowest BCUT2D eigenvalue weighted by molar-refractivity contribution is 0.0995. The van der Waals surface area contributed by atoms with Crippen LogP contribution in [0.5, 0.6) is 0 Å². The van der Waals surface area contributed by atoms with Gasteiger partial charge >= 0.3 is 0 Å². The van der Waals surface area contributed by atoms with Crippen molar-refractivity contribution in [3.8, 4) is 11.3 Å². The SMILES string of the molecule is Cc1nc(N2CCC3(CC2)Cc2ccccc2C3=N[S@+]([O-])C(C)(C)C)c(C(N)=O)nc1-c1cccc(Cl)c1Cl. The first-order valence-electron chi connectivity index (χ1n) is 12.9. The largest absolute Gasteiger partial charge is 0.591 e. The molecule has 7 nitrogen and oxygen atoms in total. The monoisotopic (exact) mass is 583 g/mol. The number of benzene rings is 2. The number of carbonyl (C=O) groups is 1. The van der Waals surface area contributed by atoms with Crippen molar-refractivity contribution >= 4 is 52.0 Å². The molecule has 39 heavy (non-hydrogen) atoms. The molecule has 0 radical (unpaired) electrons. The second-order valence-corrected chi connectivity index (χ2v) is 13.9. The van der Waals surface area contributed by atoms with E-state index in [1.807, 2.05) is 39.8 Å². The molecule has 1 atom stereocenters. The molecule has 2 heterocycles. The predicted octanol–water partition coefficient (Wildman–Crippen LogP) is 5.95. The highest BCUT2D eigenvalue weighted by Gasteiger charge is 2.48. The first-order chi connectivity index (χ1) is 18.4. The Labute approximate surface area is 242 Å². The number of hydrogen-bond acceptors (Lipinski definition) is 6. The number of aryl methyl sites for hydroxylation is 1. The average Bonchev–Trinajstić information content (AvgIpc) is 3.18. The second kappa shape index (κ2) is 10.4. The van der Waals surface area contributed by atoms with Gasteiger partial charge in [-0.05, 0) is 58.6 Å². The van der Waals surface area contributed by atoms with Crippen molar-refractivity contribution in [2.45, 2.75) is 51.7 Å². The number of halogens is 2. The van der Waals surface area contributed by atoms with Gasteiger partial charge in [0.15, 0.2) is 11.5 Å². The Bertz CT molecular complexity index is 1480. The van der Waals surface area contributed by atoms with Crippen LogP contribution in [0.3, 0.4) is 0 Å². The minimum absolute atomic E-state index is 0.0972. The number of carbonyl (C=O) groups excluding carboxylic acids is 1. The van der Waals surface area contributed by atoms with Gasteiger partial charge in [0.2, 0.25) is 0 Å². The Morgan fingerprint density at radius 3 is 2.41 bits per heavy atom. The number of piperidine rings is 1. The van der Waals surface area contributed by atoms with Crippen LogP contribution in [0.25, 0.3) is 11.3 Å². The summed E-state index contributed by atoms with van der Waals surface area (Å²) in [6, 6.07) is 13.5. The predicted molar refractivity (Wildman–Crippen MR) is 159 cm³/mol. The van der Waals surface area contributed by atoms with Crippen LogP contribution in [0.4, 0.5) is 5.82 Å². The first-order valence-corrected chi connectivity index (χ1v) is 14.7. The van der Waals surface area contributed by atoms with Gasteiger partial charge in [-0.2, -0.15) is 0 Å². The molecule has 0 unspecified atom stereocenters. The van der Waals surface area contributed by atoms with E-state index in [9.17, 15) is 9.35 Å². The van der Waals surface area contributed by atoms with Gasteiger partial charge in [0, 0.05) is 29.6 Å². The Balaban J connectivity index is 1.48. The first kappa shape index (κ1) is 27.9. The summed E-state index contributed by atoms with van der Waals surface area (Å²) in [5.74, 6) is -0.197. The molecule has 5 rings (SSSR count). The van der Waals surface area contributed by atoms with Gasteiger partial charge in [-0.1, -0.05) is 64.0 Å². The molecule has 2 N–H and O–H groups in total. The third kappa shape index (κ3) is 5.15. The van der Waals surface area contributed by atoms with Gasteiger partial charge in [-0.15, -0.1) is 0 Å². The zero-order valence-corrected chi connectivity index (χ0v) is 24.8. The summed E-state index contributed by atoms with van der Waals surface area (Å²) in [5.41, 5.74) is 10.6. The molecule has 2 aliphatic rings. The van der Waals surface area contributed by atoms with Crippen LogP contribution in [0.2, 0.25) is 10.0 Å². The topological polar surface area (TPSA) is 108 Å². The van der Waals surface area contributed by atoms with E-state index in [1.54, 1.807) is 18.2 Å². The highest BCUT2D eigenvalue weighted by atomic mass is 35.5. The Hall–Kier alpha value is -2.65. The van der Waals surface area contributed by atoms with Gasteiger partial charge in [0.05, 0.1) is 21.4 Å². The summed E-state index contributed by atoms with van der Waals surface area (Å²) >= 11 is 11.3.